The Bertz CT molecular complexity index is 403. The van der Waals surface area contributed by atoms with E-state index in [9.17, 15) is 4.79 Å². The molecule has 1 aromatic rings. The maximum Gasteiger partial charge on any atom is 0.224 e. The molecule has 4 nitrogen and oxygen atoms in total. The molecular weight excluding hydrogens is 252 g/mol. The van der Waals surface area contributed by atoms with Crippen LogP contribution in [0, 0.1) is 0 Å². The van der Waals surface area contributed by atoms with Crippen LogP contribution >= 0.6 is 0 Å². The van der Waals surface area contributed by atoms with Gasteiger partial charge in [0.1, 0.15) is 5.75 Å². The van der Waals surface area contributed by atoms with Crippen molar-refractivity contribution < 1.29 is 9.53 Å². The van der Waals surface area contributed by atoms with Gasteiger partial charge in [0.25, 0.3) is 0 Å². The van der Waals surface area contributed by atoms with Gasteiger partial charge in [0, 0.05) is 19.1 Å². The second-order valence-electron chi connectivity index (χ2n) is 5.11. The predicted octanol–water partition coefficient (Wildman–Crippen LogP) is 2.08. The highest BCUT2D eigenvalue weighted by atomic mass is 16.5. The van der Waals surface area contributed by atoms with E-state index in [1.165, 1.54) is 0 Å². The van der Waals surface area contributed by atoms with Gasteiger partial charge in [0.05, 0.1) is 13.5 Å². The fraction of sp³-hybridized carbons (Fsp3) is 0.562. The van der Waals surface area contributed by atoms with Crippen molar-refractivity contribution in [3.05, 3.63) is 29.8 Å². The molecule has 0 aromatic heterocycles. The summed E-state index contributed by atoms with van der Waals surface area (Å²) in [6.07, 6.45) is 1.54. The van der Waals surface area contributed by atoms with Crippen LogP contribution < -0.4 is 10.1 Å². The lowest BCUT2D eigenvalue weighted by atomic mass is 10.1. The molecule has 1 amide bonds. The number of likely N-dealkylation sites (N-methyl/N-ethyl adjacent to an activating group) is 1. The summed E-state index contributed by atoms with van der Waals surface area (Å²) in [4.78, 5) is 14.1. The third-order valence-electron chi connectivity index (χ3n) is 3.65. The SMILES string of the molecule is CCC(C)N(C)CCNC(=O)Cc1ccc(OC)cc1. The molecule has 0 aliphatic heterocycles. The fourth-order valence-electron chi connectivity index (χ4n) is 1.90. The third-order valence-corrected chi connectivity index (χ3v) is 3.65. The Morgan fingerprint density at radius 1 is 1.35 bits per heavy atom. The Morgan fingerprint density at radius 2 is 2.00 bits per heavy atom. The molecule has 0 bridgehead atoms. The lowest BCUT2D eigenvalue weighted by Crippen LogP contribution is -2.37. The first-order chi connectivity index (χ1) is 9.56. The van der Waals surface area contributed by atoms with Crippen molar-refractivity contribution in [3.63, 3.8) is 0 Å². The highest BCUT2D eigenvalue weighted by Gasteiger charge is 2.07. The van der Waals surface area contributed by atoms with Crippen LogP contribution in [-0.2, 0) is 11.2 Å². The van der Waals surface area contributed by atoms with E-state index in [0.717, 1.165) is 24.3 Å². The van der Waals surface area contributed by atoms with E-state index in [0.29, 0.717) is 19.0 Å². The van der Waals surface area contributed by atoms with E-state index >= 15 is 0 Å². The molecule has 4 heteroatoms. The molecule has 112 valence electrons. The number of benzene rings is 1. The second kappa shape index (κ2) is 8.59. The van der Waals surface area contributed by atoms with E-state index in [2.05, 4.69) is 31.1 Å². The monoisotopic (exact) mass is 278 g/mol. The number of ether oxygens (including phenoxy) is 1. The van der Waals surface area contributed by atoms with Crippen molar-refractivity contribution in [3.8, 4) is 5.75 Å². The minimum absolute atomic E-state index is 0.0627. The lowest BCUT2D eigenvalue weighted by Gasteiger charge is -2.23. The second-order valence-corrected chi connectivity index (χ2v) is 5.11. The average molecular weight is 278 g/mol. The maximum atomic E-state index is 11.8. The number of rotatable bonds is 8. The number of carbonyl (C=O) groups is 1. The van der Waals surface area contributed by atoms with Crippen LogP contribution in [-0.4, -0.2) is 44.1 Å². The molecule has 0 fully saturated rings. The molecule has 0 heterocycles. The first kappa shape index (κ1) is 16.5. The molecule has 0 aliphatic carbocycles. The number of carbonyl (C=O) groups excluding carboxylic acids is 1. The van der Waals surface area contributed by atoms with Crippen LogP contribution in [0.15, 0.2) is 24.3 Å². The van der Waals surface area contributed by atoms with Crippen molar-refractivity contribution in [2.45, 2.75) is 32.7 Å². The molecule has 20 heavy (non-hydrogen) atoms. The maximum absolute atomic E-state index is 11.8. The van der Waals surface area contributed by atoms with E-state index in [-0.39, 0.29) is 5.91 Å². The molecule has 0 radical (unpaired) electrons. The predicted molar refractivity (Wildman–Crippen MR) is 82.1 cm³/mol. The van der Waals surface area contributed by atoms with Crippen molar-refractivity contribution in [1.82, 2.24) is 10.2 Å². The van der Waals surface area contributed by atoms with Gasteiger partial charge in [-0.2, -0.15) is 0 Å². The number of nitrogens with one attached hydrogen (secondary N) is 1. The van der Waals surface area contributed by atoms with Crippen LogP contribution in [0.25, 0.3) is 0 Å². The zero-order valence-corrected chi connectivity index (χ0v) is 13.0. The largest absolute Gasteiger partial charge is 0.497 e. The molecule has 1 aromatic carbocycles. The van der Waals surface area contributed by atoms with E-state index in [1.807, 2.05) is 24.3 Å². The van der Waals surface area contributed by atoms with Gasteiger partial charge < -0.3 is 15.0 Å². The highest BCUT2D eigenvalue weighted by molar-refractivity contribution is 5.78. The standard InChI is InChI=1S/C16H26N2O2/c1-5-13(2)18(3)11-10-17-16(19)12-14-6-8-15(20-4)9-7-14/h6-9,13H,5,10-12H2,1-4H3,(H,17,19). The quantitative estimate of drug-likeness (QED) is 0.791. The normalized spacial score (nSPS) is 12.2. The van der Waals surface area contributed by atoms with E-state index in [1.54, 1.807) is 7.11 Å². The molecule has 0 aliphatic rings. The van der Waals surface area contributed by atoms with E-state index < -0.39 is 0 Å². The topological polar surface area (TPSA) is 41.6 Å². The highest BCUT2D eigenvalue weighted by Crippen LogP contribution is 2.11. The summed E-state index contributed by atoms with van der Waals surface area (Å²) in [7, 11) is 3.72. The van der Waals surface area contributed by atoms with Crippen LogP contribution in [0.4, 0.5) is 0 Å². The Labute approximate surface area is 122 Å². The minimum atomic E-state index is 0.0627. The van der Waals surface area contributed by atoms with Crippen LogP contribution in [0.1, 0.15) is 25.8 Å². The van der Waals surface area contributed by atoms with Crippen LogP contribution in [0.3, 0.4) is 0 Å². The number of hydrogen-bond donors (Lipinski definition) is 1. The van der Waals surface area contributed by atoms with Crippen molar-refractivity contribution >= 4 is 5.91 Å². The zero-order chi connectivity index (χ0) is 15.0. The smallest absolute Gasteiger partial charge is 0.224 e. The van der Waals surface area contributed by atoms with Crippen molar-refractivity contribution in [2.75, 3.05) is 27.2 Å². The van der Waals surface area contributed by atoms with Gasteiger partial charge in [-0.1, -0.05) is 19.1 Å². The van der Waals surface area contributed by atoms with Gasteiger partial charge >= 0.3 is 0 Å². The van der Waals surface area contributed by atoms with Gasteiger partial charge in [-0.25, -0.2) is 0 Å². The van der Waals surface area contributed by atoms with Gasteiger partial charge in [-0.15, -0.1) is 0 Å². The number of amides is 1. The zero-order valence-electron chi connectivity index (χ0n) is 13.0. The molecule has 1 atom stereocenters. The fourth-order valence-corrected chi connectivity index (χ4v) is 1.90. The molecule has 0 spiro atoms. The number of hydrogen-bond acceptors (Lipinski definition) is 3. The Balaban J connectivity index is 2.29. The minimum Gasteiger partial charge on any atom is -0.497 e. The average Bonchev–Trinajstić information content (AvgIpc) is 2.47. The Hall–Kier alpha value is -1.55. The molecule has 0 saturated carbocycles. The van der Waals surface area contributed by atoms with Crippen LogP contribution in [0.2, 0.25) is 0 Å². The third kappa shape index (κ3) is 5.61. The Morgan fingerprint density at radius 3 is 2.55 bits per heavy atom. The Kier molecular flexibility index (Phi) is 7.09. The summed E-state index contributed by atoms with van der Waals surface area (Å²) in [5, 5.41) is 2.96. The first-order valence-electron chi connectivity index (χ1n) is 7.16. The molecule has 1 N–H and O–H groups in total. The summed E-state index contributed by atoms with van der Waals surface area (Å²) < 4.78 is 5.09. The van der Waals surface area contributed by atoms with Gasteiger partial charge in [-0.05, 0) is 38.1 Å². The molecule has 1 rings (SSSR count). The lowest BCUT2D eigenvalue weighted by molar-refractivity contribution is -0.120. The van der Waals surface area contributed by atoms with Crippen molar-refractivity contribution in [2.24, 2.45) is 0 Å². The summed E-state index contributed by atoms with van der Waals surface area (Å²) in [5.74, 6) is 0.872. The summed E-state index contributed by atoms with van der Waals surface area (Å²) in [6, 6.07) is 8.14. The first-order valence-corrected chi connectivity index (χ1v) is 7.16. The summed E-state index contributed by atoms with van der Waals surface area (Å²) in [5.41, 5.74) is 0.999. The summed E-state index contributed by atoms with van der Waals surface area (Å²) >= 11 is 0. The van der Waals surface area contributed by atoms with Gasteiger partial charge in [-0.3, -0.25) is 4.79 Å². The van der Waals surface area contributed by atoms with Gasteiger partial charge in [0.15, 0.2) is 0 Å². The number of methoxy groups -OCH3 is 1. The molecule has 1 unspecified atom stereocenters. The van der Waals surface area contributed by atoms with Crippen LogP contribution in [0.5, 0.6) is 5.75 Å². The molecule has 0 saturated heterocycles. The number of nitrogens with zero attached hydrogens (tertiary/aromatic N) is 1. The van der Waals surface area contributed by atoms with E-state index in [4.69, 9.17) is 4.74 Å². The molecular formula is C16H26N2O2. The van der Waals surface area contributed by atoms with Gasteiger partial charge in [0.2, 0.25) is 5.91 Å². The van der Waals surface area contributed by atoms with Crippen molar-refractivity contribution in [1.29, 1.82) is 0 Å². The summed E-state index contributed by atoms with van der Waals surface area (Å²) in [6.45, 7) is 5.93.